The molecule has 0 unspecified atom stereocenters. The van der Waals surface area contributed by atoms with Crippen molar-refractivity contribution in [1.29, 1.82) is 0 Å². The fourth-order valence-electron chi connectivity index (χ4n) is 7.75. The van der Waals surface area contributed by atoms with Crippen molar-refractivity contribution in [3.8, 4) is 17.2 Å². The number of likely N-dealkylation sites (tertiary alicyclic amines) is 1. The van der Waals surface area contributed by atoms with Gasteiger partial charge < -0.3 is 14.6 Å². The van der Waals surface area contributed by atoms with Crippen LogP contribution in [-0.2, 0) is 32.4 Å². The maximum atomic E-state index is 13.6. The number of phenols is 1. The van der Waals surface area contributed by atoms with Crippen molar-refractivity contribution in [2.45, 2.75) is 62.0 Å². The molecule has 9 heteroatoms. The Balaban J connectivity index is 1.45. The van der Waals surface area contributed by atoms with E-state index < -0.39 is 27.5 Å². The highest BCUT2D eigenvalue weighted by molar-refractivity contribution is 7.88. The highest BCUT2D eigenvalue weighted by atomic mass is 32.2. The van der Waals surface area contributed by atoms with Crippen LogP contribution in [0.25, 0.3) is 0 Å². The Morgan fingerprint density at radius 2 is 2.08 bits per heavy atom. The van der Waals surface area contributed by atoms with Crippen molar-refractivity contribution < 1.29 is 27.8 Å². The molecule has 1 spiro atoms. The van der Waals surface area contributed by atoms with Gasteiger partial charge in [-0.1, -0.05) is 36.4 Å². The van der Waals surface area contributed by atoms with Crippen LogP contribution in [-0.4, -0.2) is 67.0 Å². The summed E-state index contributed by atoms with van der Waals surface area (Å²) in [5.74, 6) is 0.416. The van der Waals surface area contributed by atoms with Crippen LogP contribution in [0.5, 0.6) is 17.2 Å². The van der Waals surface area contributed by atoms with E-state index >= 15 is 0 Å². The fourth-order valence-corrected chi connectivity index (χ4v) is 9.20. The summed E-state index contributed by atoms with van der Waals surface area (Å²) in [6.45, 7) is 6.88. The lowest BCUT2D eigenvalue weighted by Gasteiger charge is -2.60. The van der Waals surface area contributed by atoms with E-state index in [-0.39, 0.29) is 29.5 Å². The van der Waals surface area contributed by atoms with Gasteiger partial charge in [-0.2, -0.15) is 4.31 Å². The molecule has 2 aliphatic carbocycles. The first-order valence-corrected chi connectivity index (χ1v) is 14.9. The number of phenolic OH excluding ortho intramolecular Hbond substituents is 1. The van der Waals surface area contributed by atoms with Crippen molar-refractivity contribution in [2.24, 2.45) is 5.92 Å². The molecule has 2 heterocycles. The van der Waals surface area contributed by atoms with Crippen LogP contribution in [0.1, 0.15) is 42.9 Å². The molecule has 8 nitrogen and oxygen atoms in total. The first-order chi connectivity index (χ1) is 18.2. The summed E-state index contributed by atoms with van der Waals surface area (Å²) >= 11 is 0. The number of hydrogen-bond donors (Lipinski definition) is 1. The Hall–Kier alpha value is -2.88. The smallest absolute Gasteiger partial charge is 0.308 e. The van der Waals surface area contributed by atoms with E-state index in [4.69, 9.17) is 9.47 Å². The lowest BCUT2D eigenvalue weighted by Crippen LogP contribution is -2.68. The predicted octanol–water partition coefficient (Wildman–Crippen LogP) is 3.37. The maximum absolute atomic E-state index is 13.6. The van der Waals surface area contributed by atoms with Crippen molar-refractivity contribution in [3.05, 3.63) is 65.7 Å². The van der Waals surface area contributed by atoms with Gasteiger partial charge in [-0.05, 0) is 43.7 Å². The zero-order valence-corrected chi connectivity index (χ0v) is 22.6. The summed E-state index contributed by atoms with van der Waals surface area (Å²) in [5.41, 5.74) is 2.07. The van der Waals surface area contributed by atoms with Crippen molar-refractivity contribution in [2.75, 3.05) is 20.1 Å². The lowest BCUT2D eigenvalue weighted by molar-refractivity contribution is -0.132. The molecule has 38 heavy (non-hydrogen) atoms. The number of carbonyl (C=O) groups excluding carboxylic acids is 1. The number of hydrogen-bond acceptors (Lipinski definition) is 7. The molecule has 2 aromatic carbocycles. The first kappa shape index (κ1) is 25.4. The minimum Gasteiger partial charge on any atom is -0.504 e. The number of rotatable bonds is 7. The Morgan fingerprint density at radius 3 is 2.79 bits per heavy atom. The molecule has 1 saturated carbocycles. The van der Waals surface area contributed by atoms with Gasteiger partial charge in [-0.3, -0.25) is 9.69 Å². The monoisotopic (exact) mass is 538 g/mol. The molecule has 2 aliphatic heterocycles. The van der Waals surface area contributed by atoms with Crippen molar-refractivity contribution in [3.63, 3.8) is 0 Å². The Bertz CT molecular complexity index is 1390. The molecule has 202 valence electrons. The predicted molar refractivity (Wildman–Crippen MR) is 143 cm³/mol. The van der Waals surface area contributed by atoms with E-state index in [1.165, 1.54) is 17.3 Å². The van der Waals surface area contributed by atoms with E-state index in [9.17, 15) is 18.3 Å². The summed E-state index contributed by atoms with van der Waals surface area (Å²) in [5, 5.41) is 11.0. The van der Waals surface area contributed by atoms with Gasteiger partial charge in [-0.25, -0.2) is 8.42 Å². The summed E-state index contributed by atoms with van der Waals surface area (Å²) in [6, 6.07) is 10.5. The van der Waals surface area contributed by atoms with Gasteiger partial charge in [0.1, 0.15) is 11.9 Å². The summed E-state index contributed by atoms with van der Waals surface area (Å²) < 4.78 is 40.9. The number of likely N-dealkylation sites (N-methyl/N-ethyl adjacent to an activating group) is 1. The third-order valence-electron chi connectivity index (χ3n) is 9.20. The average Bonchev–Trinajstić information content (AvgIpc) is 3.22. The second-order valence-corrected chi connectivity index (χ2v) is 13.1. The number of nitrogens with zero attached hydrogens (tertiary/aromatic N) is 2. The van der Waals surface area contributed by atoms with Gasteiger partial charge in [-0.15, -0.1) is 6.58 Å². The Morgan fingerprint density at radius 1 is 1.32 bits per heavy atom. The number of sulfonamides is 1. The van der Waals surface area contributed by atoms with Gasteiger partial charge in [0, 0.05) is 49.2 Å². The molecule has 6 rings (SSSR count). The van der Waals surface area contributed by atoms with E-state index in [0.717, 1.165) is 42.6 Å². The molecule has 4 aliphatic rings. The number of esters is 1. The van der Waals surface area contributed by atoms with Gasteiger partial charge >= 0.3 is 5.97 Å². The van der Waals surface area contributed by atoms with E-state index in [1.54, 1.807) is 7.05 Å². The number of aromatic hydroxyl groups is 1. The summed E-state index contributed by atoms with van der Waals surface area (Å²) in [4.78, 5) is 14.4. The Kier molecular flexibility index (Phi) is 6.09. The van der Waals surface area contributed by atoms with Crippen LogP contribution in [0.4, 0.5) is 0 Å². The van der Waals surface area contributed by atoms with Crippen LogP contribution in [0, 0.1) is 5.92 Å². The van der Waals surface area contributed by atoms with Crippen molar-refractivity contribution in [1.82, 2.24) is 9.21 Å². The zero-order chi connectivity index (χ0) is 26.8. The highest BCUT2D eigenvalue weighted by Gasteiger charge is 2.67. The van der Waals surface area contributed by atoms with Crippen LogP contribution in [0.3, 0.4) is 0 Å². The molecular weight excluding hydrogens is 504 g/mol. The second-order valence-electron chi connectivity index (χ2n) is 11.1. The molecule has 1 saturated heterocycles. The van der Waals surface area contributed by atoms with Crippen LogP contribution >= 0.6 is 0 Å². The van der Waals surface area contributed by atoms with Crippen LogP contribution < -0.4 is 9.47 Å². The normalized spacial score (nSPS) is 29.4. The maximum Gasteiger partial charge on any atom is 0.308 e. The number of carbonyl (C=O) groups is 1. The zero-order valence-electron chi connectivity index (χ0n) is 21.8. The number of benzene rings is 2. The summed E-state index contributed by atoms with van der Waals surface area (Å²) in [7, 11) is -1.98. The van der Waals surface area contributed by atoms with Gasteiger partial charge in [0.2, 0.25) is 10.0 Å². The molecule has 5 atom stereocenters. The van der Waals surface area contributed by atoms with Gasteiger partial charge in [0.05, 0.1) is 11.8 Å². The molecule has 0 radical (unpaired) electrons. The first-order valence-electron chi connectivity index (χ1n) is 13.3. The molecular formula is C29H34N2O6S. The summed E-state index contributed by atoms with van der Waals surface area (Å²) in [6.07, 6.45) is 4.41. The van der Waals surface area contributed by atoms with Crippen molar-refractivity contribution >= 4 is 16.0 Å². The topological polar surface area (TPSA) is 96.4 Å². The minimum atomic E-state index is -3.63. The quantitative estimate of drug-likeness (QED) is 0.328. The number of piperidine rings is 1. The van der Waals surface area contributed by atoms with Gasteiger partial charge in [0.25, 0.3) is 0 Å². The van der Waals surface area contributed by atoms with E-state index in [1.807, 2.05) is 36.4 Å². The number of ether oxygens (including phenoxy) is 2. The van der Waals surface area contributed by atoms with E-state index in [2.05, 4.69) is 11.5 Å². The van der Waals surface area contributed by atoms with Crippen LogP contribution in [0.2, 0.25) is 0 Å². The Labute approximate surface area is 223 Å². The minimum absolute atomic E-state index is 0.0666. The van der Waals surface area contributed by atoms with Gasteiger partial charge in [0.15, 0.2) is 11.5 Å². The lowest BCUT2D eigenvalue weighted by atomic mass is 9.51. The molecule has 2 fully saturated rings. The van der Waals surface area contributed by atoms with Crippen LogP contribution in [0.15, 0.2) is 49.1 Å². The molecule has 0 amide bonds. The molecule has 1 N–H and O–H groups in total. The molecule has 0 aromatic heterocycles. The third-order valence-corrected chi connectivity index (χ3v) is 11.1. The third kappa shape index (κ3) is 3.70. The highest BCUT2D eigenvalue weighted by Crippen LogP contribution is 2.65. The fraction of sp³-hybridized carbons (Fsp3) is 0.483. The SMILES string of the molecule is C=CCN1CC[C@]23c4c5c(OC(C)=O)cc(O)c4O[C@H]2[C@@H](N(C)S(=O)(=O)Cc2ccccc2)CC[C@@H]3[C@H]1C5. The standard InChI is InChI=1S/C29H34N2O6S/c1-4-13-31-14-12-29-21-10-11-22(30(3)38(34,35)17-19-8-6-5-7-9-19)28(29)37-27-24(33)16-25(36-18(2)32)20(26(27)29)15-23(21)31/h4-9,16,21-23,28,33H,1,10-15,17H2,2-3H3/t21-,22+,23-,28+,29+/m1/s1. The average molecular weight is 539 g/mol. The molecule has 2 aromatic rings. The second kappa shape index (κ2) is 9.10. The largest absolute Gasteiger partial charge is 0.504 e. The van der Waals surface area contributed by atoms with E-state index in [0.29, 0.717) is 24.3 Å². The molecule has 2 bridgehead atoms.